The number of carbonyl (C=O) groups is 4. The molecule has 42 heavy (non-hydrogen) atoms. The molecule has 216 valence electrons. The minimum absolute atomic E-state index is 0.250. The summed E-state index contributed by atoms with van der Waals surface area (Å²) < 4.78 is 6.43. The van der Waals surface area contributed by atoms with Gasteiger partial charge in [0.2, 0.25) is 11.8 Å². The van der Waals surface area contributed by atoms with E-state index in [9.17, 15) is 19.2 Å². The molecule has 1 aliphatic heterocycles. The van der Waals surface area contributed by atoms with Crippen LogP contribution in [-0.4, -0.2) is 41.2 Å². The fourth-order valence-corrected chi connectivity index (χ4v) is 7.43. The molecule has 1 saturated heterocycles. The van der Waals surface area contributed by atoms with Gasteiger partial charge in [0.1, 0.15) is 6.04 Å². The fourth-order valence-electron chi connectivity index (χ4n) is 7.21. The van der Waals surface area contributed by atoms with Crippen molar-refractivity contribution in [3.63, 3.8) is 0 Å². The Bertz CT molecular complexity index is 1480. The molecule has 1 fully saturated rings. The van der Waals surface area contributed by atoms with Gasteiger partial charge in [0.05, 0.1) is 11.8 Å². The average Bonchev–Trinajstić information content (AvgIpc) is 3.25. The first-order chi connectivity index (χ1) is 20.2. The Morgan fingerprint density at radius 1 is 0.881 bits per heavy atom. The van der Waals surface area contributed by atoms with E-state index < -0.39 is 36.4 Å². The van der Waals surface area contributed by atoms with Crippen LogP contribution in [0.3, 0.4) is 0 Å². The van der Waals surface area contributed by atoms with Crippen LogP contribution >= 0.6 is 15.9 Å². The largest absolute Gasteiger partial charge is 0.454 e. The van der Waals surface area contributed by atoms with Gasteiger partial charge in [-0.3, -0.25) is 19.3 Å². The highest BCUT2D eigenvalue weighted by Crippen LogP contribution is 2.61. The number of likely N-dealkylation sites (tertiary alicyclic amines) is 1. The number of benzene rings is 3. The monoisotopic (exact) mass is 628 g/mol. The van der Waals surface area contributed by atoms with Crippen LogP contribution in [0.5, 0.6) is 0 Å². The van der Waals surface area contributed by atoms with Gasteiger partial charge in [-0.2, -0.15) is 0 Å². The number of esters is 1. The average molecular weight is 630 g/mol. The molecule has 7 rings (SSSR count). The van der Waals surface area contributed by atoms with E-state index in [1.807, 2.05) is 57.2 Å². The van der Waals surface area contributed by atoms with Crippen molar-refractivity contribution in [2.24, 2.45) is 11.8 Å². The zero-order valence-corrected chi connectivity index (χ0v) is 25.4. The first-order valence-electron chi connectivity index (χ1n) is 14.5. The number of ether oxygens (including phenoxy) is 1. The molecule has 8 heteroatoms. The number of amides is 3. The first-order valence-corrected chi connectivity index (χ1v) is 15.3. The summed E-state index contributed by atoms with van der Waals surface area (Å²) in [5.74, 6) is -3.52. The topological polar surface area (TPSA) is 92.8 Å². The normalized spacial score (nSPS) is 22.3. The Morgan fingerprint density at radius 2 is 1.36 bits per heavy atom. The minimum Gasteiger partial charge on any atom is -0.454 e. The van der Waals surface area contributed by atoms with Crippen LogP contribution in [0.4, 0.5) is 5.69 Å². The van der Waals surface area contributed by atoms with E-state index in [2.05, 4.69) is 45.5 Å². The Balaban J connectivity index is 1.25. The van der Waals surface area contributed by atoms with Gasteiger partial charge in [-0.15, -0.1) is 0 Å². The van der Waals surface area contributed by atoms with Gasteiger partial charge in [0, 0.05) is 22.0 Å². The number of rotatable bonds is 8. The molecule has 0 saturated carbocycles. The maximum absolute atomic E-state index is 14.2. The molecule has 3 aromatic rings. The number of nitrogens with one attached hydrogen (secondary N) is 1. The van der Waals surface area contributed by atoms with Crippen LogP contribution in [0, 0.1) is 25.7 Å². The van der Waals surface area contributed by atoms with Crippen molar-refractivity contribution in [1.29, 1.82) is 0 Å². The number of nitrogens with zero attached hydrogens (tertiary/aromatic N) is 1. The summed E-state index contributed by atoms with van der Waals surface area (Å²) >= 11 is 3.52. The molecule has 4 aliphatic rings. The van der Waals surface area contributed by atoms with E-state index in [-0.39, 0.29) is 30.1 Å². The molecule has 2 bridgehead atoms. The van der Waals surface area contributed by atoms with Gasteiger partial charge < -0.3 is 10.1 Å². The van der Waals surface area contributed by atoms with Gasteiger partial charge in [0.25, 0.3) is 5.91 Å². The number of anilines is 1. The lowest BCUT2D eigenvalue weighted by atomic mass is 9.55. The first kappa shape index (κ1) is 28.3. The third-order valence-electron chi connectivity index (χ3n) is 8.96. The molecule has 1 heterocycles. The second kappa shape index (κ2) is 11.1. The quantitative estimate of drug-likeness (QED) is 0.244. The van der Waals surface area contributed by atoms with Crippen molar-refractivity contribution in [1.82, 2.24) is 4.90 Å². The Labute approximate surface area is 253 Å². The van der Waals surface area contributed by atoms with Crippen molar-refractivity contribution in [2.75, 3.05) is 11.9 Å². The van der Waals surface area contributed by atoms with Crippen molar-refractivity contribution >= 4 is 45.3 Å². The second-order valence-electron chi connectivity index (χ2n) is 11.5. The van der Waals surface area contributed by atoms with E-state index in [4.69, 9.17) is 4.74 Å². The molecule has 0 aromatic heterocycles. The number of halogens is 1. The Hall–Kier alpha value is -3.78. The summed E-state index contributed by atoms with van der Waals surface area (Å²) in [6.07, 6.45) is 1.69. The number of unbranched alkanes of at least 4 members (excludes halogenated alkanes) is 1. The third-order valence-corrected chi connectivity index (χ3v) is 10.2. The molecule has 3 aromatic carbocycles. The summed E-state index contributed by atoms with van der Waals surface area (Å²) in [5.41, 5.74) is 6.84. The molecule has 0 spiro atoms. The number of aryl methyl sites for hydroxylation is 2. The smallest absolute Gasteiger partial charge is 0.329 e. The van der Waals surface area contributed by atoms with E-state index in [1.165, 1.54) is 4.90 Å². The number of hydrogen-bond donors (Lipinski definition) is 1. The van der Waals surface area contributed by atoms with E-state index in [1.54, 1.807) is 0 Å². The van der Waals surface area contributed by atoms with Crippen LogP contribution in [-0.2, 0) is 23.9 Å². The predicted octanol–water partition coefficient (Wildman–Crippen LogP) is 6.00. The highest BCUT2D eigenvalue weighted by molar-refractivity contribution is 9.10. The van der Waals surface area contributed by atoms with E-state index in [0.717, 1.165) is 44.3 Å². The molecule has 3 atom stereocenters. The summed E-state index contributed by atoms with van der Waals surface area (Å²) in [6.45, 7) is 5.33. The van der Waals surface area contributed by atoms with Gasteiger partial charge in [-0.25, -0.2) is 4.79 Å². The number of imide groups is 1. The lowest BCUT2D eigenvalue weighted by Crippen LogP contribution is -2.47. The maximum atomic E-state index is 14.2. The molecule has 3 amide bonds. The molecule has 7 nitrogen and oxygen atoms in total. The van der Waals surface area contributed by atoms with Crippen LogP contribution in [0.1, 0.15) is 71.4 Å². The highest BCUT2D eigenvalue weighted by Gasteiger charge is 2.63. The van der Waals surface area contributed by atoms with Crippen molar-refractivity contribution in [3.8, 4) is 0 Å². The molecule has 0 unspecified atom stereocenters. The van der Waals surface area contributed by atoms with Gasteiger partial charge in [-0.05, 0) is 65.8 Å². The van der Waals surface area contributed by atoms with Crippen LogP contribution in [0.25, 0.3) is 0 Å². The summed E-state index contributed by atoms with van der Waals surface area (Å²) in [6, 6.07) is 18.7. The van der Waals surface area contributed by atoms with E-state index >= 15 is 0 Å². The number of carbonyl (C=O) groups excluding carboxylic acids is 4. The van der Waals surface area contributed by atoms with Crippen molar-refractivity contribution in [2.45, 2.75) is 57.9 Å². The third kappa shape index (κ3) is 4.56. The summed E-state index contributed by atoms with van der Waals surface area (Å²) in [7, 11) is 0. The van der Waals surface area contributed by atoms with E-state index in [0.29, 0.717) is 12.1 Å². The molecular weight excluding hydrogens is 596 g/mol. The summed E-state index contributed by atoms with van der Waals surface area (Å²) in [4.78, 5) is 55.7. The Morgan fingerprint density at radius 3 is 1.81 bits per heavy atom. The molecule has 0 radical (unpaired) electrons. The minimum atomic E-state index is -1.08. The van der Waals surface area contributed by atoms with Gasteiger partial charge in [-0.1, -0.05) is 84.2 Å². The lowest BCUT2D eigenvalue weighted by molar-refractivity contribution is -0.160. The second-order valence-corrected chi connectivity index (χ2v) is 12.3. The van der Waals surface area contributed by atoms with Crippen LogP contribution in [0.15, 0.2) is 65.1 Å². The predicted molar refractivity (Wildman–Crippen MR) is 162 cm³/mol. The number of hydrogen-bond acceptors (Lipinski definition) is 5. The van der Waals surface area contributed by atoms with Gasteiger partial charge in [0.15, 0.2) is 6.61 Å². The SMILES string of the molecule is CCCC[C@H](C(=O)OCC(=O)Nc1cc(C)c(Br)c(C)c1)N1C(=O)[C@H]2C3c4ccccc4C(c4ccccc43)[C@@H]2C1=O. The maximum Gasteiger partial charge on any atom is 0.329 e. The van der Waals surface area contributed by atoms with Crippen LogP contribution in [0.2, 0.25) is 0 Å². The fraction of sp³-hybridized carbons (Fsp3) is 0.353. The highest BCUT2D eigenvalue weighted by atomic mass is 79.9. The molecular formula is C34H33BrN2O5. The van der Waals surface area contributed by atoms with Crippen molar-refractivity contribution < 1.29 is 23.9 Å². The zero-order valence-electron chi connectivity index (χ0n) is 23.9. The summed E-state index contributed by atoms with van der Waals surface area (Å²) in [5, 5.41) is 2.77. The van der Waals surface area contributed by atoms with Crippen LogP contribution < -0.4 is 5.32 Å². The lowest BCUT2D eigenvalue weighted by Gasteiger charge is -2.45. The Kier molecular flexibility index (Phi) is 7.51. The standard InChI is InChI=1S/C34H33BrN2O5/c1-4-5-14-25(34(41)42-17-26(38)36-20-15-18(2)31(35)19(3)16-20)37-32(39)29-27-21-10-6-7-11-22(21)28(30(29)33(37)40)24-13-9-8-12-23(24)27/h6-13,15-16,25,27-30H,4-5,14,17H2,1-3H3,(H,36,38)/t25-,27?,28?,29+,30+/m1/s1. The van der Waals surface area contributed by atoms with Crippen molar-refractivity contribution in [3.05, 3.63) is 98.5 Å². The zero-order chi connectivity index (χ0) is 29.7. The molecule has 1 N–H and O–H groups in total. The van der Waals surface area contributed by atoms with Gasteiger partial charge >= 0.3 is 5.97 Å². The molecule has 3 aliphatic carbocycles.